The van der Waals surface area contributed by atoms with Gasteiger partial charge in [-0.25, -0.2) is 4.98 Å². The summed E-state index contributed by atoms with van der Waals surface area (Å²) in [4.78, 5) is 4.16. The molecule has 0 unspecified atom stereocenters. The van der Waals surface area contributed by atoms with Gasteiger partial charge in [-0.05, 0) is 19.1 Å². The van der Waals surface area contributed by atoms with Crippen LogP contribution in [0.25, 0.3) is 5.52 Å². The van der Waals surface area contributed by atoms with E-state index in [-0.39, 0.29) is 0 Å². The van der Waals surface area contributed by atoms with Crippen LogP contribution in [-0.4, -0.2) is 9.38 Å². The zero-order chi connectivity index (χ0) is 10.4. The van der Waals surface area contributed by atoms with Crippen LogP contribution >= 0.6 is 0 Å². The van der Waals surface area contributed by atoms with Crippen molar-refractivity contribution in [2.24, 2.45) is 0 Å². The monoisotopic (exact) mass is 190 g/mol. The van der Waals surface area contributed by atoms with Gasteiger partial charge in [-0.3, -0.25) is 0 Å². The number of hydrogen-bond donors (Lipinski definition) is 0. The fourth-order valence-electron chi connectivity index (χ4n) is 1.08. The third kappa shape index (κ3) is 2.59. The third-order valence-electron chi connectivity index (χ3n) is 2.12. The van der Waals surface area contributed by atoms with E-state index in [1.54, 1.807) is 0 Å². The number of fused-ring (bicyclic) bond motifs is 1. The van der Waals surface area contributed by atoms with Gasteiger partial charge >= 0.3 is 0 Å². The molecule has 2 rings (SSSR count). The Balaban J connectivity index is 0.000000213. The van der Waals surface area contributed by atoms with E-state index in [1.165, 1.54) is 12.8 Å². The van der Waals surface area contributed by atoms with Crippen molar-refractivity contribution in [2.45, 2.75) is 33.6 Å². The first-order chi connectivity index (χ1) is 6.79. The third-order valence-corrected chi connectivity index (χ3v) is 2.12. The van der Waals surface area contributed by atoms with Crippen molar-refractivity contribution in [3.63, 3.8) is 0 Å². The highest BCUT2D eigenvalue weighted by Gasteiger charge is 1.93. The number of aryl methyl sites for hydroxylation is 1. The van der Waals surface area contributed by atoms with Gasteiger partial charge in [0.05, 0.1) is 11.7 Å². The number of unbranched alkanes of at least 4 members (excludes halogenated alkanes) is 1. The van der Waals surface area contributed by atoms with E-state index >= 15 is 0 Å². The molecule has 0 spiro atoms. The van der Waals surface area contributed by atoms with Crippen LogP contribution in [0.3, 0.4) is 0 Å². The van der Waals surface area contributed by atoms with Crippen LogP contribution in [0.2, 0.25) is 0 Å². The van der Waals surface area contributed by atoms with Crippen molar-refractivity contribution in [3.05, 3.63) is 36.4 Å². The molecule has 2 heteroatoms. The molecule has 0 atom stereocenters. The number of pyridine rings is 1. The quantitative estimate of drug-likeness (QED) is 0.673. The molecular weight excluding hydrogens is 172 g/mol. The Morgan fingerprint density at radius 1 is 1.21 bits per heavy atom. The largest absolute Gasteiger partial charge is 0.304 e. The molecule has 76 valence electrons. The van der Waals surface area contributed by atoms with Gasteiger partial charge in [0.15, 0.2) is 0 Å². The van der Waals surface area contributed by atoms with Crippen LogP contribution in [0.15, 0.2) is 30.6 Å². The van der Waals surface area contributed by atoms with Gasteiger partial charge in [0.25, 0.3) is 0 Å². The second kappa shape index (κ2) is 5.43. The lowest BCUT2D eigenvalue weighted by atomic mass is 10.4. The highest BCUT2D eigenvalue weighted by atomic mass is 15.0. The number of nitrogens with zero attached hydrogens (tertiary/aromatic N) is 2. The average Bonchev–Trinajstić information content (AvgIpc) is 2.62. The summed E-state index contributed by atoms with van der Waals surface area (Å²) < 4.78 is 2.06. The van der Waals surface area contributed by atoms with Gasteiger partial charge in [-0.15, -0.1) is 0 Å². The molecule has 0 saturated heterocycles. The van der Waals surface area contributed by atoms with Crippen LogP contribution in [0.4, 0.5) is 0 Å². The van der Waals surface area contributed by atoms with E-state index < -0.39 is 0 Å². The predicted molar refractivity (Wildman–Crippen MR) is 60.5 cm³/mol. The first kappa shape index (κ1) is 10.8. The molecule has 0 saturated carbocycles. The van der Waals surface area contributed by atoms with E-state index in [4.69, 9.17) is 0 Å². The van der Waals surface area contributed by atoms with E-state index in [0.717, 1.165) is 11.3 Å². The minimum absolute atomic E-state index is 1.04. The van der Waals surface area contributed by atoms with Gasteiger partial charge in [-0.1, -0.05) is 32.8 Å². The summed E-state index contributed by atoms with van der Waals surface area (Å²) in [6, 6.07) is 6.05. The summed E-state index contributed by atoms with van der Waals surface area (Å²) in [6.45, 7) is 6.35. The molecule has 2 aromatic heterocycles. The van der Waals surface area contributed by atoms with Gasteiger partial charge in [-0.2, -0.15) is 0 Å². The van der Waals surface area contributed by atoms with Crippen LogP contribution in [-0.2, 0) is 0 Å². The number of imidazole rings is 1. The maximum atomic E-state index is 4.16. The molecule has 0 fully saturated rings. The summed E-state index contributed by atoms with van der Waals surface area (Å²) in [5.41, 5.74) is 1.15. The van der Waals surface area contributed by atoms with E-state index in [2.05, 4.69) is 23.2 Å². The van der Waals surface area contributed by atoms with Crippen molar-refractivity contribution in [1.82, 2.24) is 9.38 Å². The zero-order valence-corrected chi connectivity index (χ0v) is 9.20. The fourth-order valence-corrected chi connectivity index (χ4v) is 1.08. The Hall–Kier alpha value is -1.31. The fraction of sp³-hybridized carbons (Fsp3) is 0.417. The number of hydrogen-bond acceptors (Lipinski definition) is 1. The van der Waals surface area contributed by atoms with Crippen molar-refractivity contribution in [2.75, 3.05) is 0 Å². The summed E-state index contributed by atoms with van der Waals surface area (Å²) in [6.07, 6.45) is 6.52. The topological polar surface area (TPSA) is 17.3 Å². The Bertz CT molecular complexity index is 374. The SMILES string of the molecule is CCCC.Cc1ncc2ccccn12. The molecule has 0 radical (unpaired) electrons. The van der Waals surface area contributed by atoms with Crippen LogP contribution in [0.5, 0.6) is 0 Å². The van der Waals surface area contributed by atoms with Crippen molar-refractivity contribution < 1.29 is 0 Å². The summed E-state index contributed by atoms with van der Waals surface area (Å²) in [7, 11) is 0. The minimum atomic E-state index is 1.04. The lowest BCUT2D eigenvalue weighted by Gasteiger charge is -1.91. The van der Waals surface area contributed by atoms with Crippen LogP contribution in [0.1, 0.15) is 32.5 Å². The molecule has 0 amide bonds. The number of rotatable bonds is 1. The molecule has 0 aromatic carbocycles. The number of aromatic nitrogens is 2. The molecule has 0 aliphatic carbocycles. The smallest absolute Gasteiger partial charge is 0.110 e. The minimum Gasteiger partial charge on any atom is -0.304 e. The van der Waals surface area contributed by atoms with E-state index in [1.807, 2.05) is 37.5 Å². The summed E-state index contributed by atoms with van der Waals surface area (Å²) in [5, 5.41) is 0. The molecule has 0 aliphatic heterocycles. The first-order valence-electron chi connectivity index (χ1n) is 5.18. The molecule has 2 aromatic rings. The molecule has 0 bridgehead atoms. The van der Waals surface area contributed by atoms with Crippen molar-refractivity contribution in [1.29, 1.82) is 0 Å². The van der Waals surface area contributed by atoms with E-state index in [9.17, 15) is 0 Å². The molecular formula is C12H18N2. The Kier molecular flexibility index (Phi) is 4.17. The molecule has 2 nitrogen and oxygen atoms in total. The predicted octanol–water partition coefficient (Wildman–Crippen LogP) is 3.45. The Morgan fingerprint density at radius 3 is 2.50 bits per heavy atom. The molecule has 14 heavy (non-hydrogen) atoms. The molecule has 0 aliphatic rings. The van der Waals surface area contributed by atoms with Gasteiger partial charge in [0.1, 0.15) is 5.82 Å². The lowest BCUT2D eigenvalue weighted by molar-refractivity contribution is 0.886. The van der Waals surface area contributed by atoms with Gasteiger partial charge < -0.3 is 4.40 Å². The molecule has 0 N–H and O–H groups in total. The average molecular weight is 190 g/mol. The molecule has 2 heterocycles. The van der Waals surface area contributed by atoms with Crippen LogP contribution < -0.4 is 0 Å². The van der Waals surface area contributed by atoms with Gasteiger partial charge in [0.2, 0.25) is 0 Å². The summed E-state index contributed by atoms with van der Waals surface area (Å²) in [5.74, 6) is 1.04. The van der Waals surface area contributed by atoms with Crippen molar-refractivity contribution in [3.8, 4) is 0 Å². The lowest BCUT2D eigenvalue weighted by Crippen LogP contribution is -1.84. The first-order valence-corrected chi connectivity index (χ1v) is 5.18. The van der Waals surface area contributed by atoms with Gasteiger partial charge in [0, 0.05) is 6.20 Å². The Morgan fingerprint density at radius 2 is 1.93 bits per heavy atom. The second-order valence-corrected chi connectivity index (χ2v) is 3.30. The Labute approximate surface area is 85.6 Å². The van der Waals surface area contributed by atoms with Crippen molar-refractivity contribution >= 4 is 5.52 Å². The normalized spacial score (nSPS) is 9.64. The van der Waals surface area contributed by atoms with E-state index in [0.29, 0.717) is 0 Å². The second-order valence-electron chi connectivity index (χ2n) is 3.30. The standard InChI is InChI=1S/C8H8N2.C4H10/c1-7-9-6-8-4-2-3-5-10(7)8;1-3-4-2/h2-6H,1H3;3-4H2,1-2H3. The maximum absolute atomic E-state index is 4.16. The zero-order valence-electron chi connectivity index (χ0n) is 9.20. The highest BCUT2D eigenvalue weighted by molar-refractivity contribution is 5.45. The summed E-state index contributed by atoms with van der Waals surface area (Å²) >= 11 is 0. The highest BCUT2D eigenvalue weighted by Crippen LogP contribution is 2.03. The van der Waals surface area contributed by atoms with Crippen LogP contribution in [0, 0.1) is 6.92 Å². The maximum Gasteiger partial charge on any atom is 0.110 e.